The van der Waals surface area contributed by atoms with Crippen molar-refractivity contribution in [2.75, 3.05) is 7.11 Å². The second-order valence-electron chi connectivity index (χ2n) is 6.38. The number of imide groups is 2. The maximum Gasteiger partial charge on any atom is 0.328 e. The Kier molecular flexibility index (Phi) is 5.07. The zero-order valence-electron chi connectivity index (χ0n) is 15.7. The van der Waals surface area contributed by atoms with E-state index in [1.165, 1.54) is 6.08 Å². The van der Waals surface area contributed by atoms with Gasteiger partial charge in [0.05, 0.1) is 18.5 Å². The highest BCUT2D eigenvalue weighted by atomic mass is 35.5. The number of urea groups is 1. The minimum absolute atomic E-state index is 0.194. The largest absolute Gasteiger partial charge is 0.497 e. The van der Waals surface area contributed by atoms with Crippen LogP contribution in [0.2, 0.25) is 5.02 Å². The molecular formula is C21H15ClN4O4. The quantitative estimate of drug-likeness (QED) is 0.497. The molecule has 0 radical (unpaired) electrons. The fourth-order valence-electron chi connectivity index (χ4n) is 2.95. The van der Waals surface area contributed by atoms with Crippen molar-refractivity contribution < 1.29 is 19.1 Å². The first-order valence-corrected chi connectivity index (χ1v) is 9.21. The predicted molar refractivity (Wildman–Crippen MR) is 110 cm³/mol. The molecule has 0 atom stereocenters. The molecule has 2 N–H and O–H groups in total. The fourth-order valence-corrected chi connectivity index (χ4v) is 3.08. The van der Waals surface area contributed by atoms with Gasteiger partial charge in [0, 0.05) is 22.3 Å². The summed E-state index contributed by atoms with van der Waals surface area (Å²) >= 11 is 5.97. The van der Waals surface area contributed by atoms with Gasteiger partial charge < -0.3 is 4.74 Å². The summed E-state index contributed by atoms with van der Waals surface area (Å²) in [6, 6.07) is 13.4. The molecule has 0 unspecified atom stereocenters. The second kappa shape index (κ2) is 7.84. The van der Waals surface area contributed by atoms with Crippen LogP contribution in [0.4, 0.5) is 4.79 Å². The minimum atomic E-state index is -0.852. The Morgan fingerprint density at radius 1 is 0.967 bits per heavy atom. The van der Waals surface area contributed by atoms with E-state index in [0.29, 0.717) is 22.0 Å². The number of hydrogen-bond acceptors (Lipinski definition) is 5. The summed E-state index contributed by atoms with van der Waals surface area (Å²) in [4.78, 5) is 35.6. The minimum Gasteiger partial charge on any atom is -0.497 e. The molecule has 4 amide bonds. The Labute approximate surface area is 176 Å². The monoisotopic (exact) mass is 422 g/mol. The van der Waals surface area contributed by atoms with E-state index in [-0.39, 0.29) is 5.57 Å². The molecule has 4 rings (SSSR count). The molecule has 2 aromatic carbocycles. The van der Waals surface area contributed by atoms with Crippen LogP contribution >= 0.6 is 11.6 Å². The molecule has 1 aromatic heterocycles. The molecule has 0 saturated carbocycles. The number of benzene rings is 2. The molecule has 1 aliphatic heterocycles. The highest BCUT2D eigenvalue weighted by Gasteiger charge is 2.28. The van der Waals surface area contributed by atoms with Crippen molar-refractivity contribution in [3.63, 3.8) is 0 Å². The van der Waals surface area contributed by atoms with Crippen molar-refractivity contribution in [2.45, 2.75) is 0 Å². The lowest BCUT2D eigenvalue weighted by Crippen LogP contribution is -2.51. The Bertz CT molecular complexity index is 1160. The van der Waals surface area contributed by atoms with E-state index in [4.69, 9.17) is 16.3 Å². The van der Waals surface area contributed by atoms with Crippen molar-refractivity contribution in [3.8, 4) is 22.7 Å². The summed E-state index contributed by atoms with van der Waals surface area (Å²) in [6.45, 7) is 0. The van der Waals surface area contributed by atoms with E-state index < -0.39 is 17.8 Å². The maximum absolute atomic E-state index is 12.1. The van der Waals surface area contributed by atoms with Crippen LogP contribution in [0.3, 0.4) is 0 Å². The van der Waals surface area contributed by atoms with Gasteiger partial charge in [0.1, 0.15) is 11.3 Å². The molecule has 0 bridgehead atoms. The number of rotatable bonds is 4. The Morgan fingerprint density at radius 2 is 1.60 bits per heavy atom. The second-order valence-corrected chi connectivity index (χ2v) is 6.81. The van der Waals surface area contributed by atoms with Gasteiger partial charge in [0.15, 0.2) is 0 Å². The molecule has 150 valence electrons. The molecule has 0 aliphatic carbocycles. The van der Waals surface area contributed by atoms with E-state index in [2.05, 4.69) is 15.7 Å². The van der Waals surface area contributed by atoms with Crippen molar-refractivity contribution in [3.05, 3.63) is 70.9 Å². The molecule has 30 heavy (non-hydrogen) atoms. The standard InChI is InChI=1S/C21H15ClN4O4/c1-30-16-8-2-12(3-9-16)18-13(10-17-19(27)23-21(29)24-20(17)28)11-26(25-18)15-6-4-14(22)5-7-15/h2-11H,1H3,(H2,23,24,27,28,29). The molecule has 2 heterocycles. The van der Waals surface area contributed by atoms with Crippen LogP contribution in [0, 0.1) is 0 Å². The van der Waals surface area contributed by atoms with Crippen LogP contribution in [0.15, 0.2) is 60.3 Å². The van der Waals surface area contributed by atoms with Crippen LogP contribution in [0.1, 0.15) is 5.56 Å². The van der Waals surface area contributed by atoms with Gasteiger partial charge in [-0.05, 0) is 54.6 Å². The highest BCUT2D eigenvalue weighted by Crippen LogP contribution is 2.28. The number of carbonyl (C=O) groups is 3. The van der Waals surface area contributed by atoms with E-state index >= 15 is 0 Å². The van der Waals surface area contributed by atoms with Gasteiger partial charge in [-0.25, -0.2) is 9.48 Å². The number of carbonyl (C=O) groups excluding carboxylic acids is 3. The van der Waals surface area contributed by atoms with Gasteiger partial charge in [-0.1, -0.05) is 11.6 Å². The summed E-state index contributed by atoms with van der Waals surface area (Å²) < 4.78 is 6.81. The number of aromatic nitrogens is 2. The van der Waals surface area contributed by atoms with Crippen LogP contribution < -0.4 is 15.4 Å². The lowest BCUT2D eigenvalue weighted by atomic mass is 10.0. The number of nitrogens with one attached hydrogen (secondary N) is 2. The Morgan fingerprint density at radius 3 is 2.20 bits per heavy atom. The van der Waals surface area contributed by atoms with Crippen LogP contribution in [0.25, 0.3) is 23.0 Å². The average Bonchev–Trinajstić information content (AvgIpc) is 3.15. The molecule has 8 nitrogen and oxygen atoms in total. The zero-order chi connectivity index (χ0) is 21.3. The van der Waals surface area contributed by atoms with Crippen molar-refractivity contribution in [1.82, 2.24) is 20.4 Å². The van der Waals surface area contributed by atoms with Gasteiger partial charge in [-0.3, -0.25) is 20.2 Å². The Balaban J connectivity index is 1.83. The van der Waals surface area contributed by atoms with E-state index in [1.807, 2.05) is 12.1 Å². The number of halogens is 1. The van der Waals surface area contributed by atoms with Crippen molar-refractivity contribution in [1.29, 1.82) is 0 Å². The molecule has 1 saturated heterocycles. The molecule has 0 spiro atoms. The third kappa shape index (κ3) is 3.81. The van der Waals surface area contributed by atoms with Gasteiger partial charge in [0.2, 0.25) is 0 Å². The summed E-state index contributed by atoms with van der Waals surface area (Å²) in [7, 11) is 1.57. The van der Waals surface area contributed by atoms with Gasteiger partial charge in [0.25, 0.3) is 11.8 Å². The van der Waals surface area contributed by atoms with E-state index in [0.717, 1.165) is 11.3 Å². The average molecular weight is 423 g/mol. The molecule has 1 aliphatic rings. The number of hydrogen-bond donors (Lipinski definition) is 2. The maximum atomic E-state index is 12.1. The lowest BCUT2D eigenvalue weighted by molar-refractivity contribution is -0.123. The van der Waals surface area contributed by atoms with Gasteiger partial charge >= 0.3 is 6.03 Å². The summed E-state index contributed by atoms with van der Waals surface area (Å²) in [6.07, 6.45) is 3.09. The lowest BCUT2D eigenvalue weighted by Gasteiger charge is -2.13. The van der Waals surface area contributed by atoms with Crippen LogP contribution in [0.5, 0.6) is 5.75 Å². The van der Waals surface area contributed by atoms with Crippen LogP contribution in [-0.2, 0) is 9.59 Å². The van der Waals surface area contributed by atoms with Crippen molar-refractivity contribution >= 4 is 35.5 Å². The smallest absolute Gasteiger partial charge is 0.328 e. The molecular weight excluding hydrogens is 408 g/mol. The summed E-state index contributed by atoms with van der Waals surface area (Å²) in [5, 5.41) is 9.34. The zero-order valence-corrected chi connectivity index (χ0v) is 16.4. The first-order valence-electron chi connectivity index (χ1n) is 8.83. The number of barbiturate groups is 1. The first-order chi connectivity index (χ1) is 14.4. The van der Waals surface area contributed by atoms with Gasteiger partial charge in [-0.2, -0.15) is 5.10 Å². The Hall–Kier alpha value is -3.91. The molecule has 1 fully saturated rings. The SMILES string of the molecule is COc1ccc(-c2nn(-c3ccc(Cl)cc3)cc2C=C2C(=O)NC(=O)NC2=O)cc1. The third-order valence-electron chi connectivity index (χ3n) is 4.44. The molecule has 3 aromatic rings. The van der Waals surface area contributed by atoms with Gasteiger partial charge in [-0.15, -0.1) is 0 Å². The number of amides is 4. The number of methoxy groups -OCH3 is 1. The number of nitrogens with zero attached hydrogens (tertiary/aromatic N) is 2. The van der Waals surface area contributed by atoms with Crippen LogP contribution in [-0.4, -0.2) is 34.7 Å². The third-order valence-corrected chi connectivity index (χ3v) is 4.69. The topological polar surface area (TPSA) is 102 Å². The fraction of sp³-hybridized carbons (Fsp3) is 0.0476. The van der Waals surface area contributed by atoms with Crippen molar-refractivity contribution in [2.24, 2.45) is 0 Å². The summed E-state index contributed by atoms with van der Waals surface area (Å²) in [5.41, 5.74) is 2.36. The number of ether oxygens (including phenoxy) is 1. The first kappa shape index (κ1) is 19.4. The summed E-state index contributed by atoms with van der Waals surface area (Å²) in [5.74, 6) is -0.868. The van der Waals surface area contributed by atoms with E-state index in [1.54, 1.807) is 54.4 Å². The predicted octanol–water partition coefficient (Wildman–Crippen LogP) is 2.95. The van der Waals surface area contributed by atoms with E-state index in [9.17, 15) is 14.4 Å². The highest BCUT2D eigenvalue weighted by molar-refractivity contribution is 6.31. The molecule has 9 heteroatoms. The normalized spacial score (nSPS) is 13.7.